The first-order valence-corrected chi connectivity index (χ1v) is 9.21. The second kappa shape index (κ2) is 6.99. The van der Waals surface area contributed by atoms with Crippen LogP contribution in [0.1, 0.15) is 16.5 Å². The highest BCUT2D eigenvalue weighted by Gasteiger charge is 2.16. The van der Waals surface area contributed by atoms with Crippen molar-refractivity contribution in [3.63, 3.8) is 0 Å². The SMILES string of the molecule is [C-]#[N+]c1cc(-c2nnc(Cc3nc4c(OC)cccc4s3)o2)c(C)cc1Cl. The van der Waals surface area contributed by atoms with E-state index in [2.05, 4.69) is 20.0 Å². The fourth-order valence-electron chi connectivity index (χ4n) is 2.75. The van der Waals surface area contributed by atoms with Crippen molar-refractivity contribution in [2.45, 2.75) is 13.3 Å². The number of aryl methyl sites for hydroxylation is 1. The summed E-state index contributed by atoms with van der Waals surface area (Å²) in [6, 6.07) is 9.22. The molecule has 2 heterocycles. The largest absolute Gasteiger partial charge is 0.494 e. The number of nitrogens with zero attached hydrogens (tertiary/aromatic N) is 4. The van der Waals surface area contributed by atoms with Crippen LogP contribution in [-0.2, 0) is 6.42 Å². The lowest BCUT2D eigenvalue weighted by atomic mass is 10.1. The zero-order valence-electron chi connectivity index (χ0n) is 14.5. The Kier molecular flexibility index (Phi) is 4.52. The van der Waals surface area contributed by atoms with Crippen molar-refractivity contribution in [2.75, 3.05) is 7.11 Å². The highest BCUT2D eigenvalue weighted by Crippen LogP contribution is 2.34. The molecule has 0 amide bonds. The number of thiazole rings is 1. The van der Waals surface area contributed by atoms with E-state index in [9.17, 15) is 0 Å². The Bertz CT molecular complexity index is 1190. The lowest BCUT2D eigenvalue weighted by Gasteiger charge is -2.03. The maximum Gasteiger partial charge on any atom is 0.246 e. The highest BCUT2D eigenvalue weighted by atomic mass is 35.5. The van der Waals surface area contributed by atoms with Crippen LogP contribution in [0.15, 0.2) is 34.7 Å². The van der Waals surface area contributed by atoms with Crippen LogP contribution in [0, 0.1) is 13.5 Å². The molecule has 2 aromatic carbocycles. The number of hydrogen-bond acceptors (Lipinski definition) is 6. The molecule has 0 unspecified atom stereocenters. The standard InChI is InChI=1S/C19H13ClN4O2S/c1-10-7-12(20)13(21-2)8-11(10)19-24-23-16(26-19)9-17-22-18-14(25-3)5-4-6-15(18)27-17/h4-8H,9H2,1,3H3. The van der Waals surface area contributed by atoms with Gasteiger partial charge in [-0.05, 0) is 30.7 Å². The summed E-state index contributed by atoms with van der Waals surface area (Å²) in [4.78, 5) is 8.05. The summed E-state index contributed by atoms with van der Waals surface area (Å²) in [5.74, 6) is 1.56. The summed E-state index contributed by atoms with van der Waals surface area (Å²) in [6.45, 7) is 9.10. The van der Waals surface area contributed by atoms with Crippen LogP contribution in [0.25, 0.3) is 26.5 Å². The van der Waals surface area contributed by atoms with Crippen molar-refractivity contribution in [1.29, 1.82) is 0 Å². The number of benzene rings is 2. The Balaban J connectivity index is 1.65. The second-order valence-corrected chi connectivity index (χ2v) is 7.35. The molecule has 4 rings (SSSR count). The third-order valence-corrected chi connectivity index (χ3v) is 5.38. The molecule has 0 aliphatic heterocycles. The maximum atomic E-state index is 7.21. The molecule has 0 saturated carbocycles. The van der Waals surface area contributed by atoms with Crippen LogP contribution in [-0.4, -0.2) is 22.3 Å². The molecule has 0 fully saturated rings. The van der Waals surface area contributed by atoms with Crippen LogP contribution < -0.4 is 4.74 Å². The summed E-state index contributed by atoms with van der Waals surface area (Å²) in [6.07, 6.45) is 0.428. The molecule has 0 aliphatic rings. The number of hydrogen-bond donors (Lipinski definition) is 0. The minimum atomic E-state index is 0.357. The van der Waals surface area contributed by atoms with E-state index in [1.54, 1.807) is 30.6 Å². The fourth-order valence-corrected chi connectivity index (χ4v) is 3.99. The predicted octanol–water partition coefficient (Wildman–Crippen LogP) is 5.46. The Hall–Kier alpha value is -2.95. The van der Waals surface area contributed by atoms with Gasteiger partial charge in [0.2, 0.25) is 17.5 Å². The van der Waals surface area contributed by atoms with Crippen molar-refractivity contribution >= 4 is 38.8 Å². The van der Waals surface area contributed by atoms with Gasteiger partial charge in [-0.2, -0.15) is 0 Å². The zero-order valence-corrected chi connectivity index (χ0v) is 16.1. The maximum absolute atomic E-state index is 7.21. The molecule has 134 valence electrons. The minimum absolute atomic E-state index is 0.357. The summed E-state index contributed by atoms with van der Waals surface area (Å²) in [5.41, 5.74) is 2.76. The molecule has 4 aromatic rings. The van der Waals surface area contributed by atoms with Gasteiger partial charge >= 0.3 is 0 Å². The highest BCUT2D eigenvalue weighted by molar-refractivity contribution is 7.18. The van der Waals surface area contributed by atoms with Crippen molar-refractivity contribution in [3.05, 3.63) is 63.2 Å². The van der Waals surface area contributed by atoms with Gasteiger partial charge in [0.05, 0.1) is 24.8 Å². The van der Waals surface area contributed by atoms with Crippen LogP contribution in [0.4, 0.5) is 5.69 Å². The van der Waals surface area contributed by atoms with E-state index in [1.165, 1.54) is 0 Å². The Labute approximate surface area is 164 Å². The van der Waals surface area contributed by atoms with E-state index in [4.69, 9.17) is 27.3 Å². The van der Waals surface area contributed by atoms with Crippen LogP contribution in [0.2, 0.25) is 5.02 Å². The molecule has 0 atom stereocenters. The normalized spacial score (nSPS) is 10.9. The average molecular weight is 397 g/mol. The Morgan fingerprint density at radius 1 is 1.30 bits per heavy atom. The van der Waals surface area contributed by atoms with Crippen molar-refractivity contribution in [2.24, 2.45) is 0 Å². The van der Waals surface area contributed by atoms with Crippen molar-refractivity contribution in [3.8, 4) is 17.2 Å². The van der Waals surface area contributed by atoms with Gasteiger partial charge in [-0.1, -0.05) is 23.7 Å². The number of para-hydroxylation sites is 1. The molecular formula is C19H13ClN4O2S. The van der Waals surface area contributed by atoms with Gasteiger partial charge in [-0.15, -0.1) is 21.5 Å². The van der Waals surface area contributed by atoms with Crippen LogP contribution in [0.5, 0.6) is 5.75 Å². The summed E-state index contributed by atoms with van der Waals surface area (Å²) in [7, 11) is 1.63. The van der Waals surface area contributed by atoms with Gasteiger partial charge in [0.25, 0.3) is 0 Å². The molecule has 0 aliphatic carbocycles. The molecular weight excluding hydrogens is 384 g/mol. The molecule has 8 heteroatoms. The molecule has 27 heavy (non-hydrogen) atoms. The van der Waals surface area contributed by atoms with Gasteiger partial charge < -0.3 is 9.15 Å². The van der Waals surface area contributed by atoms with E-state index in [0.29, 0.717) is 34.5 Å². The number of ether oxygens (including phenoxy) is 1. The number of halogens is 1. The van der Waals surface area contributed by atoms with Crippen molar-refractivity contribution in [1.82, 2.24) is 15.2 Å². The van der Waals surface area contributed by atoms with E-state index >= 15 is 0 Å². The smallest absolute Gasteiger partial charge is 0.246 e. The number of fused-ring (bicyclic) bond motifs is 1. The van der Waals surface area contributed by atoms with Crippen molar-refractivity contribution < 1.29 is 9.15 Å². The molecule has 0 spiro atoms. The monoisotopic (exact) mass is 396 g/mol. The van der Waals surface area contributed by atoms with Gasteiger partial charge in [0.15, 0.2) is 0 Å². The zero-order chi connectivity index (χ0) is 19.0. The number of aromatic nitrogens is 3. The van der Waals surface area contributed by atoms with E-state index in [0.717, 1.165) is 26.5 Å². The quantitative estimate of drug-likeness (QED) is 0.428. The minimum Gasteiger partial charge on any atom is -0.494 e. The number of methoxy groups -OCH3 is 1. The lowest BCUT2D eigenvalue weighted by Crippen LogP contribution is -1.88. The summed E-state index contributed by atoms with van der Waals surface area (Å²) in [5, 5.41) is 9.53. The van der Waals surface area contributed by atoms with Gasteiger partial charge in [0, 0.05) is 10.6 Å². The molecule has 0 N–H and O–H groups in total. The first-order chi connectivity index (χ1) is 13.1. The second-order valence-electron chi connectivity index (χ2n) is 5.82. The average Bonchev–Trinajstić information content (AvgIpc) is 3.28. The third-order valence-electron chi connectivity index (χ3n) is 4.06. The lowest BCUT2D eigenvalue weighted by molar-refractivity contribution is 0.419. The molecule has 0 bridgehead atoms. The molecule has 6 nitrogen and oxygen atoms in total. The van der Waals surface area contributed by atoms with Crippen LogP contribution in [0.3, 0.4) is 0 Å². The first kappa shape index (κ1) is 17.5. The summed E-state index contributed by atoms with van der Waals surface area (Å²) < 4.78 is 12.2. The van der Waals surface area contributed by atoms with E-state index in [-0.39, 0.29) is 0 Å². The predicted molar refractivity (Wildman–Crippen MR) is 105 cm³/mol. The fraction of sp³-hybridized carbons (Fsp3) is 0.158. The Morgan fingerprint density at radius 3 is 2.93 bits per heavy atom. The van der Waals surface area contributed by atoms with Gasteiger partial charge in [-0.3, -0.25) is 0 Å². The summed E-state index contributed by atoms with van der Waals surface area (Å²) >= 11 is 7.63. The van der Waals surface area contributed by atoms with E-state index < -0.39 is 0 Å². The first-order valence-electron chi connectivity index (χ1n) is 8.02. The third kappa shape index (κ3) is 3.25. The van der Waals surface area contributed by atoms with E-state index in [1.807, 2.05) is 25.1 Å². The van der Waals surface area contributed by atoms with Gasteiger partial charge in [-0.25, -0.2) is 9.83 Å². The molecule has 2 aromatic heterocycles. The molecule has 0 saturated heterocycles. The van der Waals surface area contributed by atoms with Gasteiger partial charge in [0.1, 0.15) is 16.3 Å². The molecule has 0 radical (unpaired) electrons. The Morgan fingerprint density at radius 2 is 2.15 bits per heavy atom. The topological polar surface area (TPSA) is 65.4 Å². The van der Waals surface area contributed by atoms with Crippen LogP contribution >= 0.6 is 22.9 Å². The number of rotatable bonds is 4.